The second-order valence-electron chi connectivity index (χ2n) is 12.8. The molecule has 5 fully saturated rings. The van der Waals surface area contributed by atoms with Gasteiger partial charge in [-0.3, -0.25) is 0 Å². The van der Waals surface area contributed by atoms with Gasteiger partial charge in [0, 0.05) is 48.8 Å². The van der Waals surface area contributed by atoms with Crippen LogP contribution in [-0.4, -0.2) is 136 Å². The van der Waals surface area contributed by atoms with Crippen molar-refractivity contribution in [1.82, 2.24) is 19.9 Å². The molecule has 1 aromatic heterocycles. The van der Waals surface area contributed by atoms with Gasteiger partial charge in [-0.2, -0.15) is 15.0 Å². The summed E-state index contributed by atoms with van der Waals surface area (Å²) in [7, 11) is 2.15. The van der Waals surface area contributed by atoms with Crippen molar-refractivity contribution in [2.24, 2.45) is 0 Å². The molecule has 0 unspecified atom stereocenters. The quantitative estimate of drug-likeness (QED) is 0.408. The van der Waals surface area contributed by atoms with Crippen LogP contribution in [0.15, 0.2) is 48.5 Å². The van der Waals surface area contributed by atoms with Crippen LogP contribution in [0.25, 0.3) is 11.4 Å². The number of nitrogens with one attached hydrogen (secondary N) is 2. The fraction of sp³-hybridized carbons (Fsp3) is 0.515. The Morgan fingerprint density at radius 1 is 0.617 bits per heavy atom. The summed E-state index contributed by atoms with van der Waals surface area (Å²) in [5, 5.41) is 5.88. The lowest BCUT2D eigenvalue weighted by molar-refractivity contribution is -0.0367. The summed E-state index contributed by atoms with van der Waals surface area (Å²) in [6.45, 7) is 8.59. The van der Waals surface area contributed by atoms with Crippen LogP contribution in [0.3, 0.4) is 0 Å². The van der Waals surface area contributed by atoms with Crippen LogP contribution in [0, 0.1) is 0 Å². The number of nitrogens with zero attached hydrogens (tertiary/aromatic N) is 7. The number of amides is 2. The highest BCUT2D eigenvalue weighted by molar-refractivity contribution is 6.00. The first-order valence-corrected chi connectivity index (χ1v) is 16.4. The predicted octanol–water partition coefficient (Wildman–Crippen LogP) is 2.14. The van der Waals surface area contributed by atoms with E-state index in [1.54, 1.807) is 0 Å². The van der Waals surface area contributed by atoms with Crippen molar-refractivity contribution in [2.45, 2.75) is 24.2 Å². The Hall–Kier alpha value is -4.08. The Morgan fingerprint density at radius 2 is 1.04 bits per heavy atom. The van der Waals surface area contributed by atoms with E-state index in [1.165, 1.54) is 5.69 Å². The number of rotatable bonds is 6. The molecule has 2 amide bonds. The fourth-order valence-corrected chi connectivity index (χ4v) is 6.98. The molecule has 3 aromatic rings. The van der Waals surface area contributed by atoms with E-state index < -0.39 is 0 Å². The number of aromatic nitrogens is 3. The molecule has 0 aliphatic carbocycles. The van der Waals surface area contributed by atoms with E-state index in [9.17, 15) is 4.79 Å². The van der Waals surface area contributed by atoms with E-state index in [4.69, 9.17) is 33.9 Å². The van der Waals surface area contributed by atoms with E-state index in [-0.39, 0.29) is 30.2 Å². The number of hydrogen-bond acceptors (Lipinski definition) is 12. The molecule has 5 aliphatic heterocycles. The van der Waals surface area contributed by atoms with Gasteiger partial charge < -0.3 is 49.2 Å². The topological polar surface area (TPSA) is 130 Å². The van der Waals surface area contributed by atoms with Crippen molar-refractivity contribution in [3.63, 3.8) is 0 Å². The SMILES string of the molecule is CN1CCN(c2ccc(NC(=O)Nc3ccc(-c4nc(N5C6COCC5COC6)nc(N5C6COCC5COC6)n4)cc3)cc2)CC1. The van der Waals surface area contributed by atoms with Gasteiger partial charge >= 0.3 is 6.03 Å². The lowest BCUT2D eigenvalue weighted by Gasteiger charge is -2.47. The van der Waals surface area contributed by atoms with E-state index in [0.29, 0.717) is 76.3 Å². The van der Waals surface area contributed by atoms with Crippen molar-refractivity contribution in [3.8, 4) is 11.4 Å². The first kappa shape index (κ1) is 30.3. The normalized spacial score (nSPS) is 26.2. The van der Waals surface area contributed by atoms with Crippen molar-refractivity contribution >= 4 is 35.0 Å². The number of hydrogen-bond donors (Lipinski definition) is 2. The standard InChI is InChI=1S/C33H41N9O5/c1-39-10-12-40(13-11-39)25-8-6-24(7-9-25)35-33(43)34-23-4-2-22(3-5-23)30-36-31(41-26-14-44-16-27(41)17-45-15-26)38-32(37-30)42-28-18-46-20-29(42)21-47-19-28/h2-9,26-29H,10-21H2,1H3,(H2,34,35,43). The first-order valence-electron chi connectivity index (χ1n) is 16.4. The van der Waals surface area contributed by atoms with E-state index in [1.807, 2.05) is 36.4 Å². The van der Waals surface area contributed by atoms with Gasteiger partial charge in [0.1, 0.15) is 0 Å². The van der Waals surface area contributed by atoms with Crippen LogP contribution in [-0.2, 0) is 18.9 Å². The third-order valence-corrected chi connectivity index (χ3v) is 9.52. The van der Waals surface area contributed by atoms with Crippen molar-refractivity contribution < 1.29 is 23.7 Å². The average molecular weight is 644 g/mol. The van der Waals surface area contributed by atoms with Gasteiger partial charge in [-0.15, -0.1) is 0 Å². The van der Waals surface area contributed by atoms with Crippen molar-refractivity contribution in [1.29, 1.82) is 0 Å². The second-order valence-corrected chi connectivity index (χ2v) is 12.8. The molecule has 5 aliphatic rings. The summed E-state index contributed by atoms with van der Waals surface area (Å²) in [6.07, 6.45) is 0. The predicted molar refractivity (Wildman–Crippen MR) is 177 cm³/mol. The Balaban J connectivity index is 0.997. The minimum atomic E-state index is -0.308. The molecular formula is C33H41N9O5. The van der Waals surface area contributed by atoms with Gasteiger partial charge in [0.15, 0.2) is 5.82 Å². The van der Waals surface area contributed by atoms with Gasteiger partial charge in [0.25, 0.3) is 0 Å². The number of morpholine rings is 4. The Labute approximate surface area is 273 Å². The monoisotopic (exact) mass is 643 g/mol. The Bertz CT molecular complexity index is 1460. The number of ether oxygens (including phenoxy) is 4. The van der Waals surface area contributed by atoms with Crippen LogP contribution < -0.4 is 25.3 Å². The van der Waals surface area contributed by atoms with Crippen LogP contribution in [0.4, 0.5) is 33.8 Å². The highest BCUT2D eigenvalue weighted by Crippen LogP contribution is 2.31. The first-order chi connectivity index (χ1) is 23.1. The zero-order chi connectivity index (χ0) is 31.7. The Morgan fingerprint density at radius 3 is 1.49 bits per heavy atom. The average Bonchev–Trinajstić information content (AvgIpc) is 3.08. The van der Waals surface area contributed by atoms with Gasteiger partial charge in [-0.05, 0) is 55.6 Å². The van der Waals surface area contributed by atoms with Gasteiger partial charge in [-0.1, -0.05) is 0 Å². The molecule has 4 bridgehead atoms. The van der Waals surface area contributed by atoms with Crippen LogP contribution in [0.1, 0.15) is 0 Å². The number of urea groups is 1. The molecule has 248 valence electrons. The number of benzene rings is 2. The highest BCUT2D eigenvalue weighted by atomic mass is 16.5. The molecule has 8 rings (SSSR count). The van der Waals surface area contributed by atoms with Crippen LogP contribution in [0.5, 0.6) is 0 Å². The number of anilines is 5. The van der Waals surface area contributed by atoms with E-state index >= 15 is 0 Å². The minimum Gasteiger partial charge on any atom is -0.377 e. The number of likely N-dealkylation sites (N-methyl/N-ethyl adjacent to an activating group) is 1. The molecule has 2 aromatic carbocycles. The minimum absolute atomic E-state index is 0.0335. The number of fused-ring (bicyclic) bond motifs is 4. The molecular weight excluding hydrogens is 602 g/mol. The number of carbonyl (C=O) groups is 1. The maximum Gasteiger partial charge on any atom is 0.323 e. The molecule has 0 saturated carbocycles. The second kappa shape index (κ2) is 13.2. The largest absolute Gasteiger partial charge is 0.377 e. The summed E-state index contributed by atoms with van der Waals surface area (Å²) >= 11 is 0. The van der Waals surface area contributed by atoms with Gasteiger partial charge in [0.05, 0.1) is 77.0 Å². The Kier molecular flexibility index (Phi) is 8.50. The van der Waals surface area contributed by atoms with E-state index in [2.05, 4.69) is 49.4 Å². The van der Waals surface area contributed by atoms with Crippen LogP contribution in [0.2, 0.25) is 0 Å². The third-order valence-electron chi connectivity index (χ3n) is 9.52. The molecule has 0 atom stereocenters. The smallest absolute Gasteiger partial charge is 0.323 e. The van der Waals surface area contributed by atoms with Gasteiger partial charge in [0.2, 0.25) is 11.9 Å². The van der Waals surface area contributed by atoms with Crippen molar-refractivity contribution in [3.05, 3.63) is 48.5 Å². The fourth-order valence-electron chi connectivity index (χ4n) is 6.98. The molecule has 6 heterocycles. The molecule has 47 heavy (non-hydrogen) atoms. The highest BCUT2D eigenvalue weighted by Gasteiger charge is 2.40. The zero-order valence-corrected chi connectivity index (χ0v) is 26.6. The van der Waals surface area contributed by atoms with Gasteiger partial charge in [-0.25, -0.2) is 4.79 Å². The maximum absolute atomic E-state index is 12.9. The molecule has 0 spiro atoms. The summed E-state index contributed by atoms with van der Waals surface area (Å²) < 4.78 is 23.4. The number of piperazine rings is 1. The molecule has 14 heteroatoms. The molecule has 2 N–H and O–H groups in total. The molecule has 5 saturated heterocycles. The maximum atomic E-state index is 12.9. The summed E-state index contributed by atoms with van der Waals surface area (Å²) in [4.78, 5) is 37.1. The molecule has 14 nitrogen and oxygen atoms in total. The summed E-state index contributed by atoms with van der Waals surface area (Å²) in [5.41, 5.74) is 3.39. The van der Waals surface area contributed by atoms with Crippen molar-refractivity contribution in [2.75, 3.05) is 111 Å². The zero-order valence-electron chi connectivity index (χ0n) is 26.6. The number of carbonyl (C=O) groups excluding carboxylic acids is 1. The summed E-state index contributed by atoms with van der Waals surface area (Å²) in [5.74, 6) is 1.81. The van der Waals surface area contributed by atoms with E-state index in [0.717, 1.165) is 37.4 Å². The lowest BCUT2D eigenvalue weighted by atomic mass is 10.1. The lowest BCUT2D eigenvalue weighted by Crippen LogP contribution is -2.61. The van der Waals surface area contributed by atoms with Crippen LogP contribution >= 0.6 is 0 Å². The third kappa shape index (κ3) is 6.43. The summed E-state index contributed by atoms with van der Waals surface area (Å²) in [6, 6.07) is 15.4. The molecule has 0 radical (unpaired) electrons.